The van der Waals surface area contributed by atoms with Gasteiger partial charge in [0.1, 0.15) is 5.82 Å². The first kappa shape index (κ1) is 16.9. The first-order valence-corrected chi connectivity index (χ1v) is 9.40. The van der Waals surface area contributed by atoms with Crippen LogP contribution in [0, 0.1) is 18.3 Å². The number of hydrogen-bond acceptors (Lipinski definition) is 5. The van der Waals surface area contributed by atoms with Crippen molar-refractivity contribution in [1.82, 2.24) is 13.9 Å². The van der Waals surface area contributed by atoms with E-state index in [0.717, 1.165) is 12.8 Å². The minimum absolute atomic E-state index is 0.0366. The molecule has 2 saturated heterocycles. The molecule has 0 N–H and O–H groups in total. The van der Waals surface area contributed by atoms with Crippen LogP contribution in [0.2, 0.25) is 0 Å². The summed E-state index contributed by atoms with van der Waals surface area (Å²) in [6.45, 7) is 4.78. The quantitative estimate of drug-likeness (QED) is 0.808. The van der Waals surface area contributed by atoms with Gasteiger partial charge < -0.3 is 14.0 Å². The molecule has 3 heterocycles. The van der Waals surface area contributed by atoms with Gasteiger partial charge in [-0.15, -0.1) is 0 Å². The molecule has 3 rings (SSSR count). The number of methoxy groups -OCH3 is 1. The molecule has 2 aliphatic rings. The van der Waals surface area contributed by atoms with Gasteiger partial charge in [-0.1, -0.05) is 0 Å². The maximum absolute atomic E-state index is 13.0. The van der Waals surface area contributed by atoms with Crippen LogP contribution in [0.4, 0.5) is 0 Å². The number of aromatic nitrogens is 2. The first-order valence-electron chi connectivity index (χ1n) is 7.96. The van der Waals surface area contributed by atoms with Crippen molar-refractivity contribution in [1.29, 1.82) is 0 Å². The topological polar surface area (TPSA) is 73.7 Å². The summed E-state index contributed by atoms with van der Waals surface area (Å²) >= 11 is 0. The Morgan fingerprint density at radius 2 is 2.13 bits per heavy atom. The Kier molecular flexibility index (Phi) is 4.52. The zero-order valence-corrected chi connectivity index (χ0v) is 14.8. The van der Waals surface area contributed by atoms with Crippen LogP contribution < -0.4 is 0 Å². The molecule has 2 aliphatic heterocycles. The third kappa shape index (κ3) is 2.93. The van der Waals surface area contributed by atoms with Crippen molar-refractivity contribution in [2.75, 3.05) is 40.0 Å². The molecule has 2 fully saturated rings. The zero-order chi connectivity index (χ0) is 16.7. The van der Waals surface area contributed by atoms with Gasteiger partial charge in [-0.2, -0.15) is 4.31 Å². The summed E-state index contributed by atoms with van der Waals surface area (Å²) in [5.74, 6) is 0.896. The van der Waals surface area contributed by atoms with Gasteiger partial charge in [-0.25, -0.2) is 13.4 Å². The fourth-order valence-corrected chi connectivity index (χ4v) is 5.33. The molecule has 0 radical (unpaired) electrons. The van der Waals surface area contributed by atoms with Crippen molar-refractivity contribution in [2.24, 2.45) is 18.4 Å². The third-order valence-corrected chi connectivity index (χ3v) is 7.01. The second kappa shape index (κ2) is 6.16. The highest BCUT2D eigenvalue weighted by Crippen LogP contribution is 2.45. The van der Waals surface area contributed by atoms with Gasteiger partial charge in [0, 0.05) is 52.6 Å². The van der Waals surface area contributed by atoms with Crippen LogP contribution in [0.25, 0.3) is 0 Å². The Hall–Kier alpha value is -0.960. The molecule has 8 heteroatoms. The molecule has 130 valence electrons. The van der Waals surface area contributed by atoms with E-state index < -0.39 is 10.0 Å². The molecule has 1 spiro atoms. The van der Waals surface area contributed by atoms with Gasteiger partial charge in [0.05, 0.1) is 6.61 Å². The van der Waals surface area contributed by atoms with Crippen molar-refractivity contribution < 1.29 is 17.9 Å². The normalized spacial score (nSPS) is 25.3. The lowest BCUT2D eigenvalue weighted by Crippen LogP contribution is -2.39. The molecular formula is C15H25N3O4S. The van der Waals surface area contributed by atoms with Crippen LogP contribution in [-0.2, 0) is 26.5 Å². The zero-order valence-electron chi connectivity index (χ0n) is 14.0. The molecule has 0 bridgehead atoms. The van der Waals surface area contributed by atoms with Gasteiger partial charge in [0.15, 0.2) is 5.03 Å². The number of imidazole rings is 1. The van der Waals surface area contributed by atoms with Gasteiger partial charge in [0.2, 0.25) is 0 Å². The van der Waals surface area contributed by atoms with Crippen LogP contribution in [0.15, 0.2) is 11.2 Å². The van der Waals surface area contributed by atoms with E-state index in [0.29, 0.717) is 38.7 Å². The third-order valence-electron chi connectivity index (χ3n) is 5.33. The van der Waals surface area contributed by atoms with E-state index in [1.165, 1.54) is 0 Å². The molecule has 0 saturated carbocycles. The Balaban J connectivity index is 1.88. The predicted molar refractivity (Wildman–Crippen MR) is 84.6 cm³/mol. The molecule has 1 unspecified atom stereocenters. The van der Waals surface area contributed by atoms with Crippen LogP contribution in [0.1, 0.15) is 18.7 Å². The van der Waals surface area contributed by atoms with Crippen molar-refractivity contribution in [3.8, 4) is 0 Å². The maximum Gasteiger partial charge on any atom is 0.262 e. The second-order valence-electron chi connectivity index (χ2n) is 6.66. The first-order chi connectivity index (χ1) is 10.9. The van der Waals surface area contributed by atoms with Gasteiger partial charge in [-0.05, 0) is 25.2 Å². The number of aryl methyl sites for hydroxylation is 2. The summed E-state index contributed by atoms with van der Waals surface area (Å²) in [5.41, 5.74) is -0.0366. The summed E-state index contributed by atoms with van der Waals surface area (Å²) in [4.78, 5) is 4.21. The molecule has 0 amide bonds. The van der Waals surface area contributed by atoms with Crippen molar-refractivity contribution in [2.45, 2.75) is 24.8 Å². The van der Waals surface area contributed by atoms with E-state index in [4.69, 9.17) is 9.47 Å². The van der Waals surface area contributed by atoms with Gasteiger partial charge >= 0.3 is 0 Å². The number of ether oxygens (including phenoxy) is 2. The lowest BCUT2D eigenvalue weighted by Gasteiger charge is -2.37. The Morgan fingerprint density at radius 3 is 2.70 bits per heavy atom. The van der Waals surface area contributed by atoms with Gasteiger partial charge in [0.25, 0.3) is 10.0 Å². The molecule has 1 aromatic rings. The minimum atomic E-state index is -3.56. The Labute approximate surface area is 137 Å². The summed E-state index contributed by atoms with van der Waals surface area (Å²) in [5, 5.41) is 0.137. The van der Waals surface area contributed by atoms with E-state index in [9.17, 15) is 8.42 Å². The fourth-order valence-electron chi connectivity index (χ4n) is 3.73. The van der Waals surface area contributed by atoms with E-state index in [2.05, 4.69) is 4.98 Å². The number of rotatable bonds is 4. The highest BCUT2D eigenvalue weighted by atomic mass is 32.2. The van der Waals surface area contributed by atoms with Crippen LogP contribution in [-0.4, -0.2) is 62.3 Å². The highest BCUT2D eigenvalue weighted by molar-refractivity contribution is 7.89. The average molecular weight is 343 g/mol. The average Bonchev–Trinajstić information content (AvgIpc) is 3.03. The molecule has 1 aromatic heterocycles. The Bertz CT molecular complexity index is 645. The monoisotopic (exact) mass is 343 g/mol. The summed E-state index contributed by atoms with van der Waals surface area (Å²) < 4.78 is 40.1. The van der Waals surface area contributed by atoms with Crippen molar-refractivity contribution in [3.63, 3.8) is 0 Å². The standard InChI is InChI=1S/C15H25N3O4S/c1-12-16-14(9-17(12)2)23(19,20)18-8-13(10-21-3)15(11-18)4-6-22-7-5-15/h9,13H,4-8,10-11H2,1-3H3. The summed E-state index contributed by atoms with van der Waals surface area (Å²) in [7, 11) is -0.0844. The van der Waals surface area contributed by atoms with Crippen LogP contribution in [0.5, 0.6) is 0 Å². The molecule has 0 aromatic carbocycles. The van der Waals surface area contributed by atoms with E-state index in [1.54, 1.807) is 36.2 Å². The van der Waals surface area contributed by atoms with E-state index >= 15 is 0 Å². The number of nitrogens with zero attached hydrogens (tertiary/aromatic N) is 3. The van der Waals surface area contributed by atoms with Gasteiger partial charge in [-0.3, -0.25) is 0 Å². The minimum Gasteiger partial charge on any atom is -0.384 e. The van der Waals surface area contributed by atoms with E-state index in [1.807, 2.05) is 0 Å². The highest BCUT2D eigenvalue weighted by Gasteiger charge is 2.50. The smallest absolute Gasteiger partial charge is 0.262 e. The van der Waals surface area contributed by atoms with Crippen molar-refractivity contribution >= 4 is 10.0 Å². The maximum atomic E-state index is 13.0. The Morgan fingerprint density at radius 1 is 1.43 bits per heavy atom. The van der Waals surface area contributed by atoms with Crippen LogP contribution in [0.3, 0.4) is 0 Å². The molecule has 1 atom stereocenters. The fraction of sp³-hybridized carbons (Fsp3) is 0.800. The SMILES string of the molecule is COCC1CN(S(=O)(=O)c2cn(C)c(C)n2)CC12CCOCC2. The van der Waals surface area contributed by atoms with Crippen molar-refractivity contribution in [3.05, 3.63) is 12.0 Å². The molecule has 0 aliphatic carbocycles. The number of sulfonamides is 1. The lowest BCUT2D eigenvalue weighted by molar-refractivity contribution is -0.0162. The summed E-state index contributed by atoms with van der Waals surface area (Å²) in [6.07, 6.45) is 3.35. The lowest BCUT2D eigenvalue weighted by atomic mass is 9.72. The molecule has 23 heavy (non-hydrogen) atoms. The number of hydrogen-bond donors (Lipinski definition) is 0. The second-order valence-corrected chi connectivity index (χ2v) is 8.55. The summed E-state index contributed by atoms with van der Waals surface area (Å²) in [6, 6.07) is 0. The van der Waals surface area contributed by atoms with Crippen LogP contribution >= 0.6 is 0 Å². The molecule has 7 nitrogen and oxygen atoms in total. The largest absolute Gasteiger partial charge is 0.384 e. The predicted octanol–water partition coefficient (Wildman–Crippen LogP) is 0.792. The molecular weight excluding hydrogens is 318 g/mol. The van der Waals surface area contributed by atoms with E-state index in [-0.39, 0.29) is 16.4 Å².